The molecule has 0 spiro atoms. The van der Waals surface area contributed by atoms with E-state index in [4.69, 9.17) is 14.7 Å². The lowest BCUT2D eigenvalue weighted by molar-refractivity contribution is 0.0837. The number of carbonyl (C=O) groups excluding carboxylic acids is 1. The second kappa shape index (κ2) is 9.74. The summed E-state index contributed by atoms with van der Waals surface area (Å²) in [5, 5.41) is 13.2. The van der Waals surface area contributed by atoms with Crippen molar-refractivity contribution in [2.45, 2.75) is 56.9 Å². The number of anilines is 1. The third-order valence-corrected chi connectivity index (χ3v) is 8.20. The van der Waals surface area contributed by atoms with Gasteiger partial charge in [0.2, 0.25) is 11.8 Å². The highest BCUT2D eigenvalue weighted by molar-refractivity contribution is 5.91. The maximum Gasteiger partial charge on any atom is 0.321 e. The Kier molecular flexibility index (Phi) is 6.26. The number of carbonyl (C=O) groups is 1. The fourth-order valence-electron chi connectivity index (χ4n) is 5.52. The molecule has 11 heteroatoms. The van der Waals surface area contributed by atoms with E-state index in [2.05, 4.69) is 41.2 Å². The Labute approximate surface area is 221 Å². The van der Waals surface area contributed by atoms with E-state index in [1.807, 2.05) is 19.2 Å². The van der Waals surface area contributed by atoms with Crippen LogP contribution in [0.1, 0.15) is 67.5 Å². The molecule has 2 aliphatic carbocycles. The summed E-state index contributed by atoms with van der Waals surface area (Å²) in [4.78, 5) is 36.4. The van der Waals surface area contributed by atoms with Crippen LogP contribution in [0.4, 0.5) is 5.95 Å². The van der Waals surface area contributed by atoms with Gasteiger partial charge in [0.25, 0.3) is 5.91 Å². The van der Waals surface area contributed by atoms with E-state index in [0.717, 1.165) is 68.4 Å². The SMILES string of the molecule is COc1ccnc2[nH]cc(C3CCN(c4nc(OC[C@H]5C[C@H]5C#N)nc(C(=O)NC5(C)CCC5)n4)CC3)c12. The molecule has 38 heavy (non-hydrogen) atoms. The number of ether oxygens (including phenoxy) is 2. The monoisotopic (exact) mass is 516 g/mol. The summed E-state index contributed by atoms with van der Waals surface area (Å²) in [6, 6.07) is 4.29. The number of fused-ring (bicyclic) bond motifs is 1. The number of methoxy groups -OCH3 is 1. The van der Waals surface area contributed by atoms with Crippen molar-refractivity contribution in [3.63, 3.8) is 0 Å². The predicted molar refractivity (Wildman–Crippen MR) is 139 cm³/mol. The molecule has 3 fully saturated rings. The summed E-state index contributed by atoms with van der Waals surface area (Å²) >= 11 is 0. The van der Waals surface area contributed by atoms with Crippen molar-refractivity contribution in [3.05, 3.63) is 29.8 Å². The van der Waals surface area contributed by atoms with Crippen LogP contribution in [0, 0.1) is 23.2 Å². The van der Waals surface area contributed by atoms with Crippen LogP contribution < -0.4 is 19.7 Å². The highest BCUT2D eigenvalue weighted by Crippen LogP contribution is 2.39. The number of aromatic nitrogens is 5. The minimum atomic E-state index is -0.310. The van der Waals surface area contributed by atoms with Gasteiger partial charge in [-0.2, -0.15) is 20.2 Å². The van der Waals surface area contributed by atoms with Gasteiger partial charge in [-0.15, -0.1) is 0 Å². The Morgan fingerprint density at radius 2 is 2.11 bits per heavy atom. The third kappa shape index (κ3) is 4.71. The average Bonchev–Trinajstić information content (AvgIpc) is 3.57. The van der Waals surface area contributed by atoms with E-state index < -0.39 is 0 Å². The number of aromatic amines is 1. The Bertz CT molecular complexity index is 1390. The quantitative estimate of drug-likeness (QED) is 0.461. The van der Waals surface area contributed by atoms with Crippen LogP contribution in [0.2, 0.25) is 0 Å². The highest BCUT2D eigenvalue weighted by Gasteiger charge is 2.38. The number of nitrogens with zero attached hydrogens (tertiary/aromatic N) is 6. The lowest BCUT2D eigenvalue weighted by atomic mass is 9.78. The van der Waals surface area contributed by atoms with E-state index in [1.54, 1.807) is 13.3 Å². The van der Waals surface area contributed by atoms with Crippen molar-refractivity contribution < 1.29 is 14.3 Å². The molecular formula is C27H32N8O3. The molecule has 0 aromatic carbocycles. The van der Waals surface area contributed by atoms with Gasteiger partial charge in [-0.25, -0.2) is 4.98 Å². The van der Waals surface area contributed by atoms with E-state index in [1.165, 1.54) is 5.56 Å². The molecule has 3 aromatic heterocycles. The van der Waals surface area contributed by atoms with Gasteiger partial charge < -0.3 is 24.7 Å². The molecule has 0 bridgehead atoms. The summed E-state index contributed by atoms with van der Waals surface area (Å²) in [7, 11) is 1.68. The minimum absolute atomic E-state index is 0.0232. The second-order valence-corrected chi connectivity index (χ2v) is 10.9. The van der Waals surface area contributed by atoms with Gasteiger partial charge in [0.1, 0.15) is 11.4 Å². The first-order valence-corrected chi connectivity index (χ1v) is 13.3. The molecule has 3 aromatic rings. The molecule has 2 saturated carbocycles. The standard InChI is InChI=1S/C27H32N8O3/c1-27(7-3-8-27)34-24(36)23-31-25(33-26(32-23)38-15-18-12-17(18)13-28)35-10-5-16(6-11-35)19-14-30-22-21(19)20(37-2)4-9-29-22/h4,9,14,16-18H,3,5-8,10-12,15H2,1-2H3,(H,29,30)(H,34,36)/t17-,18+/m0/s1. The van der Waals surface area contributed by atoms with Gasteiger partial charge >= 0.3 is 6.01 Å². The number of pyridine rings is 1. The van der Waals surface area contributed by atoms with Crippen molar-refractivity contribution in [1.29, 1.82) is 5.26 Å². The van der Waals surface area contributed by atoms with Crippen LogP contribution in [-0.4, -0.2) is 63.2 Å². The van der Waals surface area contributed by atoms with Crippen LogP contribution in [0.5, 0.6) is 11.8 Å². The first kappa shape index (κ1) is 24.4. The summed E-state index contributed by atoms with van der Waals surface area (Å²) in [5.41, 5.74) is 1.81. The minimum Gasteiger partial charge on any atom is -0.496 e. The van der Waals surface area contributed by atoms with Crippen molar-refractivity contribution in [2.75, 3.05) is 31.7 Å². The lowest BCUT2D eigenvalue weighted by Gasteiger charge is -2.38. The van der Waals surface area contributed by atoms with E-state index >= 15 is 0 Å². The van der Waals surface area contributed by atoms with Crippen LogP contribution in [0.15, 0.2) is 18.5 Å². The Hall–Kier alpha value is -3.94. The fraction of sp³-hybridized carbons (Fsp3) is 0.556. The Morgan fingerprint density at radius 3 is 2.79 bits per heavy atom. The van der Waals surface area contributed by atoms with E-state index in [0.29, 0.717) is 18.5 Å². The van der Waals surface area contributed by atoms with Crippen molar-refractivity contribution in [1.82, 2.24) is 30.2 Å². The molecule has 198 valence electrons. The van der Waals surface area contributed by atoms with Gasteiger partial charge in [-0.1, -0.05) is 0 Å². The summed E-state index contributed by atoms with van der Waals surface area (Å²) < 4.78 is 11.5. The van der Waals surface area contributed by atoms with Gasteiger partial charge in [-0.3, -0.25) is 4.79 Å². The van der Waals surface area contributed by atoms with Crippen LogP contribution >= 0.6 is 0 Å². The number of piperidine rings is 1. The molecule has 0 unspecified atom stereocenters. The number of nitriles is 1. The van der Waals surface area contributed by atoms with Gasteiger partial charge in [0.05, 0.1) is 31.1 Å². The molecule has 1 saturated heterocycles. The maximum absolute atomic E-state index is 13.1. The first-order chi connectivity index (χ1) is 18.5. The highest BCUT2D eigenvalue weighted by atomic mass is 16.5. The zero-order valence-corrected chi connectivity index (χ0v) is 21.7. The van der Waals surface area contributed by atoms with Crippen molar-refractivity contribution >= 4 is 22.9 Å². The number of nitrogens with one attached hydrogen (secondary N) is 2. The van der Waals surface area contributed by atoms with Crippen molar-refractivity contribution in [3.8, 4) is 17.8 Å². The van der Waals surface area contributed by atoms with Crippen molar-refractivity contribution in [2.24, 2.45) is 11.8 Å². The molecule has 2 N–H and O–H groups in total. The molecular weight excluding hydrogens is 484 g/mol. The molecule has 2 atom stereocenters. The van der Waals surface area contributed by atoms with E-state index in [9.17, 15) is 4.79 Å². The van der Waals surface area contributed by atoms with Gasteiger partial charge in [-0.05, 0) is 63.0 Å². The van der Waals surface area contributed by atoms with Crippen LogP contribution in [-0.2, 0) is 0 Å². The zero-order chi connectivity index (χ0) is 26.3. The lowest BCUT2D eigenvalue weighted by Crippen LogP contribution is -2.51. The summed E-state index contributed by atoms with van der Waals surface area (Å²) in [6.45, 7) is 3.85. The zero-order valence-electron chi connectivity index (χ0n) is 21.7. The summed E-state index contributed by atoms with van der Waals surface area (Å²) in [5.74, 6) is 1.56. The van der Waals surface area contributed by atoms with Crippen LogP contribution in [0.3, 0.4) is 0 Å². The van der Waals surface area contributed by atoms with Gasteiger partial charge in [0, 0.05) is 36.9 Å². The number of H-pyrrole nitrogens is 1. The number of rotatable bonds is 8. The normalized spacial score (nSPS) is 22.4. The number of hydrogen-bond acceptors (Lipinski definition) is 9. The second-order valence-electron chi connectivity index (χ2n) is 10.9. The maximum atomic E-state index is 13.1. The molecule has 3 aliphatic rings. The van der Waals surface area contributed by atoms with E-state index in [-0.39, 0.29) is 35.1 Å². The van der Waals surface area contributed by atoms with Crippen LogP contribution in [0.25, 0.3) is 11.0 Å². The smallest absolute Gasteiger partial charge is 0.321 e. The Morgan fingerprint density at radius 1 is 1.29 bits per heavy atom. The molecule has 6 rings (SSSR count). The third-order valence-electron chi connectivity index (χ3n) is 8.20. The van der Waals surface area contributed by atoms with Gasteiger partial charge in [0.15, 0.2) is 0 Å². The molecule has 4 heterocycles. The molecule has 0 radical (unpaired) electrons. The average molecular weight is 517 g/mol. The predicted octanol–water partition coefficient (Wildman–Crippen LogP) is 3.35. The molecule has 1 aliphatic heterocycles. The summed E-state index contributed by atoms with van der Waals surface area (Å²) in [6.07, 6.45) is 9.36. The largest absolute Gasteiger partial charge is 0.496 e. The topological polar surface area (TPSA) is 142 Å². The first-order valence-electron chi connectivity index (χ1n) is 13.3. The molecule has 11 nitrogen and oxygen atoms in total. The fourth-order valence-corrected chi connectivity index (χ4v) is 5.52. The molecule has 1 amide bonds. The number of hydrogen-bond donors (Lipinski definition) is 2. The number of amides is 1. The Balaban J connectivity index is 1.20.